The van der Waals surface area contributed by atoms with Gasteiger partial charge in [0.15, 0.2) is 0 Å². The summed E-state index contributed by atoms with van der Waals surface area (Å²) >= 11 is 0. The van der Waals surface area contributed by atoms with E-state index in [9.17, 15) is 0 Å². The molecule has 0 atom stereocenters. The maximum Gasteiger partial charge on any atom is 0.143 e. The minimum atomic E-state index is 0.700. The molecule has 7 aromatic rings. The molecule has 0 bridgehead atoms. The van der Waals surface area contributed by atoms with Crippen molar-refractivity contribution in [2.24, 2.45) is 0 Å². The number of benzene rings is 4. The highest BCUT2D eigenvalue weighted by atomic mass is 16.3. The van der Waals surface area contributed by atoms with Gasteiger partial charge < -0.3 is 4.42 Å². The zero-order valence-corrected chi connectivity index (χ0v) is 24.0. The molecule has 208 valence electrons. The molecule has 0 unspecified atom stereocenters. The van der Waals surface area contributed by atoms with Crippen molar-refractivity contribution in [3.05, 3.63) is 133 Å². The topological polar surface area (TPSA) is 38.9 Å². The van der Waals surface area contributed by atoms with Crippen molar-refractivity contribution in [1.29, 1.82) is 0 Å². The SMILES string of the molecule is c1cncc(-c2cc(-c3cccnc3)cc(-c3cccc4c3oc3c(-c5ccc(C6CCCCC6)cc5)cccc34)c2)c1. The highest BCUT2D eigenvalue weighted by molar-refractivity contribution is 6.13. The molecule has 3 nitrogen and oxygen atoms in total. The maximum atomic E-state index is 6.84. The summed E-state index contributed by atoms with van der Waals surface area (Å²) in [7, 11) is 0. The number of furan rings is 1. The number of hydrogen-bond donors (Lipinski definition) is 0. The lowest BCUT2D eigenvalue weighted by Crippen LogP contribution is -2.04. The molecule has 1 aliphatic carbocycles. The lowest BCUT2D eigenvalue weighted by Gasteiger charge is -2.22. The third kappa shape index (κ3) is 4.81. The molecule has 0 radical (unpaired) electrons. The predicted octanol–water partition coefficient (Wildman–Crippen LogP) is 11.1. The van der Waals surface area contributed by atoms with Crippen LogP contribution in [0.4, 0.5) is 0 Å². The van der Waals surface area contributed by atoms with Crippen LogP contribution in [-0.4, -0.2) is 9.97 Å². The van der Waals surface area contributed by atoms with Gasteiger partial charge in [-0.15, -0.1) is 0 Å². The molecule has 3 heterocycles. The van der Waals surface area contributed by atoms with E-state index in [1.165, 1.54) is 43.2 Å². The quantitative estimate of drug-likeness (QED) is 0.212. The smallest absolute Gasteiger partial charge is 0.143 e. The van der Waals surface area contributed by atoms with Crippen LogP contribution in [0.15, 0.2) is 132 Å². The van der Waals surface area contributed by atoms with E-state index in [1.807, 2.05) is 36.9 Å². The van der Waals surface area contributed by atoms with Gasteiger partial charge >= 0.3 is 0 Å². The number of nitrogens with zero attached hydrogens (tertiary/aromatic N) is 2. The first-order valence-electron chi connectivity index (χ1n) is 15.3. The van der Waals surface area contributed by atoms with Crippen molar-refractivity contribution in [2.45, 2.75) is 38.0 Å². The summed E-state index contributed by atoms with van der Waals surface area (Å²) in [6.07, 6.45) is 14.2. The fourth-order valence-corrected chi connectivity index (χ4v) is 6.83. The summed E-state index contributed by atoms with van der Waals surface area (Å²) in [4.78, 5) is 8.77. The summed E-state index contributed by atoms with van der Waals surface area (Å²) in [6, 6.07) is 37.1. The van der Waals surface area contributed by atoms with E-state index < -0.39 is 0 Å². The molecular weight excluding hydrogens is 524 g/mol. The summed E-state index contributed by atoms with van der Waals surface area (Å²) < 4.78 is 6.84. The Balaban J connectivity index is 1.27. The van der Waals surface area contributed by atoms with Crippen LogP contribution < -0.4 is 0 Å². The number of hydrogen-bond acceptors (Lipinski definition) is 3. The molecule has 0 amide bonds. The van der Waals surface area contributed by atoms with E-state index in [0.717, 1.165) is 60.9 Å². The van der Waals surface area contributed by atoms with Crippen LogP contribution in [0.25, 0.3) is 66.4 Å². The molecule has 0 spiro atoms. The number of rotatable bonds is 5. The van der Waals surface area contributed by atoms with Crippen molar-refractivity contribution < 1.29 is 4.42 Å². The minimum absolute atomic E-state index is 0.700. The molecule has 0 aliphatic heterocycles. The van der Waals surface area contributed by atoms with Gasteiger partial charge in [0, 0.05) is 57.8 Å². The van der Waals surface area contributed by atoms with Gasteiger partial charge in [-0.2, -0.15) is 0 Å². The summed E-state index contributed by atoms with van der Waals surface area (Å²) in [5.41, 5.74) is 12.2. The second-order valence-electron chi connectivity index (χ2n) is 11.7. The van der Waals surface area contributed by atoms with Gasteiger partial charge in [-0.3, -0.25) is 9.97 Å². The molecular formula is C40H32N2O. The third-order valence-corrected chi connectivity index (χ3v) is 9.06. The molecule has 1 aliphatic rings. The normalized spacial score (nSPS) is 14.0. The lowest BCUT2D eigenvalue weighted by atomic mass is 9.83. The van der Waals surface area contributed by atoms with Crippen LogP contribution in [0, 0.1) is 0 Å². The molecule has 0 saturated heterocycles. The largest absolute Gasteiger partial charge is 0.455 e. The molecule has 1 saturated carbocycles. The van der Waals surface area contributed by atoms with Crippen LogP contribution in [0.2, 0.25) is 0 Å². The minimum Gasteiger partial charge on any atom is -0.455 e. The Labute approximate surface area is 251 Å². The van der Waals surface area contributed by atoms with E-state index in [2.05, 4.69) is 101 Å². The Kier molecular flexibility index (Phi) is 6.57. The number of fused-ring (bicyclic) bond motifs is 3. The second kappa shape index (κ2) is 11.0. The van der Waals surface area contributed by atoms with Gasteiger partial charge in [0.2, 0.25) is 0 Å². The Morgan fingerprint density at radius 2 is 1.05 bits per heavy atom. The molecule has 3 heteroatoms. The molecule has 4 aromatic carbocycles. The standard InChI is InChI=1S/C40H32N2O/c1-2-8-27(9-3-1)28-16-18-29(19-17-28)35-12-4-14-37-38-15-5-13-36(40(38)43-39(35)37)34-23-32(30-10-6-20-41-25-30)22-33(24-34)31-11-7-21-42-26-31/h4-7,10-27H,1-3,8-9H2. The van der Waals surface area contributed by atoms with Crippen LogP contribution in [-0.2, 0) is 0 Å². The highest BCUT2D eigenvalue weighted by Crippen LogP contribution is 2.42. The first kappa shape index (κ1) is 25.7. The Hall–Kier alpha value is -5.02. The van der Waals surface area contributed by atoms with Crippen molar-refractivity contribution in [1.82, 2.24) is 9.97 Å². The average Bonchev–Trinajstić information content (AvgIpc) is 3.49. The first-order valence-corrected chi connectivity index (χ1v) is 15.3. The fourth-order valence-electron chi connectivity index (χ4n) is 6.83. The molecule has 8 rings (SSSR count). The van der Waals surface area contributed by atoms with Crippen LogP contribution in [0.3, 0.4) is 0 Å². The predicted molar refractivity (Wildman–Crippen MR) is 177 cm³/mol. The number of pyridine rings is 2. The van der Waals surface area contributed by atoms with Gasteiger partial charge in [0.25, 0.3) is 0 Å². The van der Waals surface area contributed by atoms with Gasteiger partial charge in [-0.1, -0.05) is 92.1 Å². The summed E-state index contributed by atoms with van der Waals surface area (Å²) in [6.45, 7) is 0. The summed E-state index contributed by atoms with van der Waals surface area (Å²) in [5, 5.41) is 2.27. The monoisotopic (exact) mass is 556 g/mol. The van der Waals surface area contributed by atoms with E-state index in [0.29, 0.717) is 5.92 Å². The Morgan fingerprint density at radius 1 is 0.488 bits per heavy atom. The molecule has 0 N–H and O–H groups in total. The number of para-hydroxylation sites is 2. The Bertz CT molecular complexity index is 1980. The molecule has 3 aromatic heterocycles. The van der Waals surface area contributed by atoms with Crippen LogP contribution in [0.1, 0.15) is 43.6 Å². The third-order valence-electron chi connectivity index (χ3n) is 9.06. The van der Waals surface area contributed by atoms with Crippen molar-refractivity contribution in [2.75, 3.05) is 0 Å². The number of aromatic nitrogens is 2. The lowest BCUT2D eigenvalue weighted by molar-refractivity contribution is 0.443. The Morgan fingerprint density at radius 3 is 1.60 bits per heavy atom. The van der Waals surface area contributed by atoms with Gasteiger partial charge in [0.1, 0.15) is 11.2 Å². The second-order valence-corrected chi connectivity index (χ2v) is 11.7. The van der Waals surface area contributed by atoms with Crippen molar-refractivity contribution in [3.8, 4) is 44.5 Å². The molecule has 43 heavy (non-hydrogen) atoms. The van der Waals surface area contributed by atoms with E-state index in [-0.39, 0.29) is 0 Å². The zero-order valence-electron chi connectivity index (χ0n) is 24.0. The van der Waals surface area contributed by atoms with Crippen molar-refractivity contribution >= 4 is 21.9 Å². The zero-order chi connectivity index (χ0) is 28.6. The van der Waals surface area contributed by atoms with Crippen molar-refractivity contribution in [3.63, 3.8) is 0 Å². The van der Waals surface area contributed by atoms with E-state index in [1.54, 1.807) is 0 Å². The van der Waals surface area contributed by atoms with Gasteiger partial charge in [0.05, 0.1) is 0 Å². The van der Waals surface area contributed by atoms with E-state index in [4.69, 9.17) is 4.42 Å². The molecule has 1 fully saturated rings. The fraction of sp³-hybridized carbons (Fsp3) is 0.150. The van der Waals surface area contributed by atoms with Crippen LogP contribution >= 0.6 is 0 Å². The van der Waals surface area contributed by atoms with Crippen LogP contribution in [0.5, 0.6) is 0 Å². The first-order chi connectivity index (χ1) is 21.3. The van der Waals surface area contributed by atoms with E-state index >= 15 is 0 Å². The summed E-state index contributed by atoms with van der Waals surface area (Å²) in [5.74, 6) is 0.700. The maximum absolute atomic E-state index is 6.84. The van der Waals surface area contributed by atoms with Gasteiger partial charge in [-0.25, -0.2) is 0 Å². The highest BCUT2D eigenvalue weighted by Gasteiger charge is 2.18. The average molecular weight is 557 g/mol. The van der Waals surface area contributed by atoms with Gasteiger partial charge in [-0.05, 0) is 76.9 Å².